The van der Waals surface area contributed by atoms with Crippen molar-refractivity contribution >= 4 is 15.8 Å². The summed E-state index contributed by atoms with van der Waals surface area (Å²) in [6.45, 7) is 13.2. The highest BCUT2D eigenvalue weighted by Crippen LogP contribution is 2.12. The van der Waals surface area contributed by atoms with Crippen LogP contribution in [0.2, 0.25) is 0 Å². The minimum absolute atomic E-state index is 0.243. The molecule has 2 N–H and O–H groups in total. The van der Waals surface area contributed by atoms with E-state index in [2.05, 4.69) is 41.2 Å². The zero-order chi connectivity index (χ0) is 20.6. The lowest BCUT2D eigenvalue weighted by atomic mass is 10.1. The molecule has 28 heavy (non-hydrogen) atoms. The van der Waals surface area contributed by atoms with Crippen LogP contribution in [0.4, 0.5) is 0 Å². The van der Waals surface area contributed by atoms with Crippen LogP contribution in [0.25, 0.3) is 0 Å². The fourth-order valence-corrected chi connectivity index (χ4v) is 4.42. The van der Waals surface area contributed by atoms with Crippen molar-refractivity contribution in [2.45, 2.75) is 51.7 Å². The lowest BCUT2D eigenvalue weighted by molar-refractivity contribution is -0.0165. The zero-order valence-corrected chi connectivity index (χ0v) is 18.8. The average Bonchev–Trinajstić information content (AvgIpc) is 2.65. The highest BCUT2D eigenvalue weighted by Gasteiger charge is 2.24. The van der Waals surface area contributed by atoms with Gasteiger partial charge in [0.1, 0.15) is 9.84 Å². The first kappa shape index (κ1) is 23.4. The molecule has 2 aliphatic rings. The van der Waals surface area contributed by atoms with Crippen LogP contribution in [-0.2, 0) is 14.6 Å². The van der Waals surface area contributed by atoms with Gasteiger partial charge in [0.15, 0.2) is 5.96 Å². The molecule has 2 rings (SSSR count). The van der Waals surface area contributed by atoms with Crippen LogP contribution in [0, 0.1) is 0 Å². The number of ether oxygens (including phenoxy) is 1. The molecule has 8 nitrogen and oxygen atoms in total. The van der Waals surface area contributed by atoms with Gasteiger partial charge in [0.25, 0.3) is 0 Å². The van der Waals surface area contributed by atoms with Crippen LogP contribution in [0.5, 0.6) is 0 Å². The van der Waals surface area contributed by atoms with Gasteiger partial charge in [-0.1, -0.05) is 0 Å². The van der Waals surface area contributed by atoms with E-state index in [9.17, 15) is 8.42 Å². The van der Waals surface area contributed by atoms with Crippen molar-refractivity contribution in [3.8, 4) is 0 Å². The van der Waals surface area contributed by atoms with E-state index in [1.165, 1.54) is 6.26 Å². The summed E-state index contributed by atoms with van der Waals surface area (Å²) in [6, 6.07) is 1.20. The van der Waals surface area contributed by atoms with E-state index in [0.717, 1.165) is 64.7 Å². The maximum absolute atomic E-state index is 11.3. The SMILES string of the molecule is CCNC(=NCC(C)N1CCOCC1C)NC1CCN(CCS(C)(=O)=O)CC1. The summed E-state index contributed by atoms with van der Waals surface area (Å²) in [4.78, 5) is 9.53. The van der Waals surface area contributed by atoms with Gasteiger partial charge >= 0.3 is 0 Å². The predicted molar refractivity (Wildman–Crippen MR) is 115 cm³/mol. The van der Waals surface area contributed by atoms with E-state index in [0.29, 0.717) is 24.7 Å². The second kappa shape index (κ2) is 11.3. The molecule has 0 aromatic carbocycles. The van der Waals surface area contributed by atoms with Gasteiger partial charge < -0.3 is 20.3 Å². The molecule has 0 radical (unpaired) electrons. The van der Waals surface area contributed by atoms with E-state index in [4.69, 9.17) is 9.73 Å². The number of morpholine rings is 1. The van der Waals surface area contributed by atoms with Crippen molar-refractivity contribution < 1.29 is 13.2 Å². The first-order chi connectivity index (χ1) is 13.3. The third-order valence-electron chi connectivity index (χ3n) is 5.55. The van der Waals surface area contributed by atoms with Crippen molar-refractivity contribution in [1.29, 1.82) is 0 Å². The highest BCUT2D eigenvalue weighted by molar-refractivity contribution is 7.90. The number of likely N-dealkylation sites (tertiary alicyclic amines) is 1. The molecule has 0 saturated carbocycles. The van der Waals surface area contributed by atoms with E-state index in [-0.39, 0.29) is 5.75 Å². The molecule has 0 amide bonds. The summed E-state index contributed by atoms with van der Waals surface area (Å²) in [5, 5.41) is 6.93. The van der Waals surface area contributed by atoms with Gasteiger partial charge in [-0.15, -0.1) is 0 Å². The summed E-state index contributed by atoms with van der Waals surface area (Å²) in [7, 11) is -2.89. The summed E-state index contributed by atoms with van der Waals surface area (Å²) in [6.07, 6.45) is 3.31. The Balaban J connectivity index is 1.79. The number of piperidine rings is 1. The fraction of sp³-hybridized carbons (Fsp3) is 0.947. The van der Waals surface area contributed by atoms with E-state index < -0.39 is 9.84 Å². The molecular formula is C19H39N5O3S. The Hall–Kier alpha value is -0.900. The number of guanidine groups is 1. The first-order valence-corrected chi connectivity index (χ1v) is 12.6. The van der Waals surface area contributed by atoms with Crippen LogP contribution in [0.3, 0.4) is 0 Å². The molecule has 2 atom stereocenters. The smallest absolute Gasteiger partial charge is 0.191 e. The number of nitrogens with zero attached hydrogens (tertiary/aromatic N) is 3. The van der Waals surface area contributed by atoms with Crippen LogP contribution in [0.1, 0.15) is 33.6 Å². The number of aliphatic imine (C=N–C) groups is 1. The van der Waals surface area contributed by atoms with Crippen molar-refractivity contribution in [2.24, 2.45) is 4.99 Å². The molecule has 2 saturated heterocycles. The molecule has 2 aliphatic heterocycles. The van der Waals surface area contributed by atoms with Crippen LogP contribution < -0.4 is 10.6 Å². The van der Waals surface area contributed by atoms with Gasteiger partial charge in [0.05, 0.1) is 25.5 Å². The molecule has 0 aromatic heterocycles. The highest BCUT2D eigenvalue weighted by atomic mass is 32.2. The number of hydrogen-bond acceptors (Lipinski definition) is 6. The average molecular weight is 418 g/mol. The van der Waals surface area contributed by atoms with Gasteiger partial charge in [-0.05, 0) is 33.6 Å². The second-order valence-electron chi connectivity index (χ2n) is 8.12. The third-order valence-corrected chi connectivity index (χ3v) is 6.47. The van der Waals surface area contributed by atoms with Gasteiger partial charge in [-0.2, -0.15) is 0 Å². The lowest BCUT2D eigenvalue weighted by Crippen LogP contribution is -2.51. The summed E-state index contributed by atoms with van der Waals surface area (Å²) < 4.78 is 28.2. The van der Waals surface area contributed by atoms with Crippen molar-refractivity contribution in [1.82, 2.24) is 20.4 Å². The molecule has 0 aliphatic carbocycles. The minimum atomic E-state index is -2.89. The topological polar surface area (TPSA) is 86.3 Å². The Morgan fingerprint density at radius 3 is 2.61 bits per heavy atom. The Kier molecular flexibility index (Phi) is 9.46. The largest absolute Gasteiger partial charge is 0.379 e. The van der Waals surface area contributed by atoms with Crippen LogP contribution >= 0.6 is 0 Å². The number of sulfone groups is 1. The van der Waals surface area contributed by atoms with Crippen molar-refractivity contribution in [3.05, 3.63) is 0 Å². The second-order valence-corrected chi connectivity index (χ2v) is 10.4. The Bertz CT molecular complexity index is 590. The van der Waals surface area contributed by atoms with Crippen molar-refractivity contribution in [3.63, 3.8) is 0 Å². The van der Waals surface area contributed by atoms with Gasteiger partial charge in [0, 0.05) is 57.1 Å². The number of rotatable bonds is 8. The molecule has 0 bridgehead atoms. The van der Waals surface area contributed by atoms with Crippen molar-refractivity contribution in [2.75, 3.05) is 64.5 Å². The molecule has 9 heteroatoms. The Morgan fingerprint density at radius 1 is 1.29 bits per heavy atom. The number of hydrogen-bond donors (Lipinski definition) is 2. The first-order valence-electron chi connectivity index (χ1n) is 10.6. The molecule has 2 unspecified atom stereocenters. The molecule has 2 heterocycles. The minimum Gasteiger partial charge on any atom is -0.379 e. The fourth-order valence-electron chi connectivity index (χ4n) is 3.83. The summed E-state index contributed by atoms with van der Waals surface area (Å²) in [5.41, 5.74) is 0. The van der Waals surface area contributed by atoms with Gasteiger partial charge in [0.2, 0.25) is 0 Å². The quantitative estimate of drug-likeness (QED) is 0.430. The predicted octanol–water partition coefficient (Wildman–Crippen LogP) is 0.160. The normalized spacial score (nSPS) is 24.9. The van der Waals surface area contributed by atoms with E-state index >= 15 is 0 Å². The molecule has 0 spiro atoms. The van der Waals surface area contributed by atoms with Gasteiger partial charge in [-0.3, -0.25) is 9.89 Å². The maximum atomic E-state index is 11.3. The summed E-state index contributed by atoms with van der Waals surface area (Å²) in [5.74, 6) is 1.12. The van der Waals surface area contributed by atoms with Gasteiger partial charge in [-0.25, -0.2) is 8.42 Å². The van der Waals surface area contributed by atoms with Crippen LogP contribution in [0.15, 0.2) is 4.99 Å². The molecular weight excluding hydrogens is 378 g/mol. The van der Waals surface area contributed by atoms with E-state index in [1.807, 2.05) is 0 Å². The maximum Gasteiger partial charge on any atom is 0.191 e. The van der Waals surface area contributed by atoms with E-state index in [1.54, 1.807) is 0 Å². The Morgan fingerprint density at radius 2 is 2.00 bits per heavy atom. The summed E-state index contributed by atoms with van der Waals surface area (Å²) >= 11 is 0. The lowest BCUT2D eigenvalue weighted by Gasteiger charge is -2.37. The Labute approximate surface area is 171 Å². The zero-order valence-electron chi connectivity index (χ0n) is 18.0. The standard InChI is InChI=1S/C19H39N5O3S/c1-5-20-19(21-14-16(2)24-10-12-27-15-17(24)3)22-18-6-8-23(9-7-18)11-13-28(4,25)26/h16-18H,5-15H2,1-4H3,(H2,20,21,22). The third kappa shape index (κ3) is 8.23. The van der Waals surface area contributed by atoms with Crippen LogP contribution in [-0.4, -0.2) is 107 Å². The number of nitrogens with one attached hydrogen (secondary N) is 2. The monoisotopic (exact) mass is 417 g/mol. The molecule has 0 aromatic rings. The molecule has 164 valence electrons. The molecule has 2 fully saturated rings.